The van der Waals surface area contributed by atoms with Crippen molar-refractivity contribution in [2.45, 2.75) is 37.2 Å². The summed E-state index contributed by atoms with van der Waals surface area (Å²) in [6, 6.07) is 7.62. The number of anilines is 1. The molecule has 0 unspecified atom stereocenters. The molecule has 0 spiro atoms. The molecule has 1 fully saturated rings. The minimum Gasteiger partial charge on any atom is -0.393 e. The van der Waals surface area contributed by atoms with E-state index in [1.54, 1.807) is 11.8 Å². The van der Waals surface area contributed by atoms with Crippen molar-refractivity contribution in [3.05, 3.63) is 24.3 Å². The standard InChI is InChI=1S/C15H22N2O2S/c1-2-20-13-7-4-6-12(9-13)17-15(19)16-10-11-5-3-8-14(11)18/h4,6-7,9,11,14,18H,2-3,5,8,10H2,1H3,(H2,16,17,19)/t11-,14+/m1/s1. The summed E-state index contributed by atoms with van der Waals surface area (Å²) in [5, 5.41) is 15.4. The van der Waals surface area contributed by atoms with Gasteiger partial charge >= 0.3 is 6.03 Å². The van der Waals surface area contributed by atoms with E-state index in [4.69, 9.17) is 0 Å². The van der Waals surface area contributed by atoms with Crippen molar-refractivity contribution in [1.82, 2.24) is 5.32 Å². The average Bonchev–Trinajstić information content (AvgIpc) is 2.83. The van der Waals surface area contributed by atoms with Gasteiger partial charge in [0.1, 0.15) is 0 Å². The van der Waals surface area contributed by atoms with Crippen LogP contribution in [-0.4, -0.2) is 29.5 Å². The van der Waals surface area contributed by atoms with Crippen molar-refractivity contribution in [1.29, 1.82) is 0 Å². The number of carbonyl (C=O) groups is 1. The van der Waals surface area contributed by atoms with Crippen LogP contribution in [0.5, 0.6) is 0 Å². The first-order valence-electron chi connectivity index (χ1n) is 7.15. The second-order valence-electron chi connectivity index (χ2n) is 5.05. The Balaban J connectivity index is 1.80. The van der Waals surface area contributed by atoms with E-state index >= 15 is 0 Å². The highest BCUT2D eigenvalue weighted by atomic mass is 32.2. The molecule has 2 amide bonds. The van der Waals surface area contributed by atoms with E-state index in [1.165, 1.54) is 0 Å². The number of hydrogen-bond donors (Lipinski definition) is 3. The number of hydrogen-bond acceptors (Lipinski definition) is 3. The third-order valence-corrected chi connectivity index (χ3v) is 4.42. The zero-order valence-corrected chi connectivity index (χ0v) is 12.6. The fourth-order valence-corrected chi connectivity index (χ4v) is 3.20. The van der Waals surface area contributed by atoms with Crippen LogP contribution < -0.4 is 10.6 Å². The normalized spacial score (nSPS) is 21.7. The van der Waals surface area contributed by atoms with Crippen molar-refractivity contribution < 1.29 is 9.90 Å². The predicted molar refractivity (Wildman–Crippen MR) is 83.2 cm³/mol. The quantitative estimate of drug-likeness (QED) is 0.731. The molecular weight excluding hydrogens is 272 g/mol. The minimum absolute atomic E-state index is 0.197. The predicted octanol–water partition coefficient (Wildman–Crippen LogP) is 3.08. The number of rotatable bonds is 5. The number of amides is 2. The molecule has 1 aliphatic carbocycles. The van der Waals surface area contributed by atoms with Crippen LogP contribution in [0, 0.1) is 5.92 Å². The lowest BCUT2D eigenvalue weighted by molar-refractivity contribution is 0.133. The number of nitrogens with one attached hydrogen (secondary N) is 2. The Labute approximate surface area is 124 Å². The molecule has 110 valence electrons. The van der Waals surface area contributed by atoms with Crippen LogP contribution in [0.3, 0.4) is 0 Å². The summed E-state index contributed by atoms with van der Waals surface area (Å²) < 4.78 is 0. The molecule has 1 aromatic carbocycles. The van der Waals surface area contributed by atoms with Crippen LogP contribution >= 0.6 is 11.8 Å². The Bertz CT molecular complexity index is 453. The van der Waals surface area contributed by atoms with Crippen LogP contribution in [0.4, 0.5) is 10.5 Å². The fraction of sp³-hybridized carbons (Fsp3) is 0.533. The molecule has 2 rings (SSSR count). The summed E-state index contributed by atoms with van der Waals surface area (Å²) in [5.74, 6) is 1.21. The van der Waals surface area contributed by atoms with Crippen molar-refractivity contribution in [2.24, 2.45) is 5.92 Å². The van der Waals surface area contributed by atoms with Crippen molar-refractivity contribution in [2.75, 3.05) is 17.6 Å². The molecule has 5 heteroatoms. The second-order valence-corrected chi connectivity index (χ2v) is 6.39. The molecule has 4 nitrogen and oxygen atoms in total. The summed E-state index contributed by atoms with van der Waals surface area (Å²) >= 11 is 1.75. The van der Waals surface area contributed by atoms with E-state index < -0.39 is 0 Å². The first kappa shape index (κ1) is 15.2. The molecular formula is C15H22N2O2S. The molecule has 0 aromatic heterocycles. The van der Waals surface area contributed by atoms with Gasteiger partial charge in [0, 0.05) is 23.0 Å². The van der Waals surface area contributed by atoms with Crippen molar-refractivity contribution in [3.63, 3.8) is 0 Å². The Morgan fingerprint density at radius 2 is 2.30 bits per heavy atom. The molecule has 0 saturated heterocycles. The molecule has 0 radical (unpaired) electrons. The first-order valence-corrected chi connectivity index (χ1v) is 8.13. The fourth-order valence-electron chi connectivity index (χ4n) is 2.48. The summed E-state index contributed by atoms with van der Waals surface area (Å²) in [7, 11) is 0. The Kier molecular flexibility index (Phi) is 5.73. The Hall–Kier alpha value is -1.20. The number of urea groups is 1. The second kappa shape index (κ2) is 7.55. The summed E-state index contributed by atoms with van der Waals surface area (Å²) in [4.78, 5) is 13.0. The number of benzene rings is 1. The van der Waals surface area contributed by atoms with Crippen molar-refractivity contribution >= 4 is 23.5 Å². The van der Waals surface area contributed by atoms with E-state index in [2.05, 4.69) is 17.6 Å². The first-order chi connectivity index (χ1) is 9.69. The smallest absolute Gasteiger partial charge is 0.319 e. The van der Waals surface area contributed by atoms with Crippen LogP contribution in [-0.2, 0) is 0 Å². The summed E-state index contributed by atoms with van der Waals surface area (Å²) in [6.07, 6.45) is 2.62. The van der Waals surface area contributed by atoms with E-state index in [0.29, 0.717) is 6.54 Å². The minimum atomic E-state index is -0.264. The van der Waals surface area contributed by atoms with Crippen LogP contribution in [0.15, 0.2) is 29.2 Å². The largest absolute Gasteiger partial charge is 0.393 e. The molecule has 1 aliphatic rings. The lowest BCUT2D eigenvalue weighted by Gasteiger charge is -2.15. The van der Waals surface area contributed by atoms with E-state index in [1.807, 2.05) is 24.3 Å². The van der Waals surface area contributed by atoms with Crippen molar-refractivity contribution in [3.8, 4) is 0 Å². The average molecular weight is 294 g/mol. The highest BCUT2D eigenvalue weighted by Crippen LogP contribution is 2.24. The number of thioether (sulfide) groups is 1. The molecule has 0 aliphatic heterocycles. The van der Waals surface area contributed by atoms with Gasteiger partial charge in [-0.1, -0.05) is 19.4 Å². The van der Waals surface area contributed by atoms with Gasteiger partial charge in [-0.15, -0.1) is 11.8 Å². The molecule has 1 saturated carbocycles. The number of aliphatic hydroxyl groups is 1. The summed E-state index contributed by atoms with van der Waals surface area (Å²) in [6.45, 7) is 2.64. The topological polar surface area (TPSA) is 61.4 Å². The van der Waals surface area contributed by atoms with Crippen LogP contribution in [0.2, 0.25) is 0 Å². The van der Waals surface area contributed by atoms with Gasteiger partial charge in [0.15, 0.2) is 0 Å². The third kappa shape index (κ3) is 4.42. The van der Waals surface area contributed by atoms with Gasteiger partial charge < -0.3 is 15.7 Å². The maximum atomic E-state index is 11.8. The molecule has 3 N–H and O–H groups in total. The highest BCUT2D eigenvalue weighted by Gasteiger charge is 2.25. The van der Waals surface area contributed by atoms with Gasteiger partial charge in [0.25, 0.3) is 0 Å². The van der Waals surface area contributed by atoms with E-state index in [-0.39, 0.29) is 18.1 Å². The maximum Gasteiger partial charge on any atom is 0.319 e. The lowest BCUT2D eigenvalue weighted by atomic mass is 10.1. The van der Waals surface area contributed by atoms with Crippen LogP contribution in [0.1, 0.15) is 26.2 Å². The molecule has 0 bridgehead atoms. The van der Waals surface area contributed by atoms with Gasteiger partial charge in [-0.25, -0.2) is 4.79 Å². The van der Waals surface area contributed by atoms with E-state index in [9.17, 15) is 9.90 Å². The van der Waals surface area contributed by atoms with Gasteiger partial charge in [-0.3, -0.25) is 0 Å². The Morgan fingerprint density at radius 3 is 3.00 bits per heavy atom. The van der Waals surface area contributed by atoms with Gasteiger partial charge in [0.2, 0.25) is 0 Å². The lowest BCUT2D eigenvalue weighted by Crippen LogP contribution is -2.35. The Morgan fingerprint density at radius 1 is 1.45 bits per heavy atom. The molecule has 0 heterocycles. The monoisotopic (exact) mass is 294 g/mol. The zero-order chi connectivity index (χ0) is 14.4. The maximum absolute atomic E-state index is 11.8. The SMILES string of the molecule is CCSc1cccc(NC(=O)NC[C@H]2CCC[C@@H]2O)c1. The van der Waals surface area contributed by atoms with Gasteiger partial charge in [0.05, 0.1) is 6.10 Å². The van der Waals surface area contributed by atoms with Crippen LogP contribution in [0.25, 0.3) is 0 Å². The summed E-state index contributed by atoms with van der Waals surface area (Å²) in [5.41, 5.74) is 0.799. The molecule has 1 aromatic rings. The highest BCUT2D eigenvalue weighted by molar-refractivity contribution is 7.99. The third-order valence-electron chi connectivity index (χ3n) is 3.55. The molecule has 20 heavy (non-hydrogen) atoms. The number of carbonyl (C=O) groups excluding carboxylic acids is 1. The van der Waals surface area contributed by atoms with E-state index in [0.717, 1.165) is 35.6 Å². The van der Waals surface area contributed by atoms with Gasteiger partial charge in [-0.2, -0.15) is 0 Å². The zero-order valence-electron chi connectivity index (χ0n) is 11.8. The number of aliphatic hydroxyl groups excluding tert-OH is 1. The molecule has 2 atom stereocenters. The van der Waals surface area contributed by atoms with Gasteiger partial charge in [-0.05, 0) is 36.8 Å².